The number of thioether (sulfide) groups is 2. The Balaban J connectivity index is 1.67. The van der Waals surface area contributed by atoms with E-state index in [1.54, 1.807) is 28.4 Å². The number of fused-ring (bicyclic) bond motifs is 1. The van der Waals surface area contributed by atoms with E-state index in [4.69, 9.17) is 5.73 Å². The molecule has 0 spiro atoms. The van der Waals surface area contributed by atoms with Gasteiger partial charge >= 0.3 is 0 Å². The molecule has 23 heavy (non-hydrogen) atoms. The van der Waals surface area contributed by atoms with Crippen LogP contribution < -0.4 is 11.1 Å². The van der Waals surface area contributed by atoms with E-state index in [-0.39, 0.29) is 11.3 Å². The van der Waals surface area contributed by atoms with E-state index in [1.807, 2.05) is 28.3 Å². The van der Waals surface area contributed by atoms with Crippen molar-refractivity contribution in [1.29, 1.82) is 0 Å². The molecule has 0 bridgehead atoms. The largest absolute Gasteiger partial charge is 0.384 e. The maximum atomic E-state index is 12.6. The number of carbonyl (C=O) groups excluding carboxylic acids is 1. The number of pyridine rings is 1. The highest BCUT2D eigenvalue weighted by molar-refractivity contribution is 8.02. The van der Waals surface area contributed by atoms with Gasteiger partial charge in [-0.3, -0.25) is 4.79 Å². The number of aromatic nitrogens is 3. The lowest BCUT2D eigenvalue weighted by molar-refractivity contribution is 0.0772. The number of amides is 1. The molecule has 0 aromatic carbocycles. The highest BCUT2D eigenvalue weighted by atomic mass is 32.2. The van der Waals surface area contributed by atoms with E-state index >= 15 is 0 Å². The smallest absolute Gasteiger partial charge is 0.254 e. The SMILES string of the molecule is Nc1cc(C(=O)N2CCSCC2)cc2nc(C3NC=CS3)nn12. The Hall–Kier alpha value is -1.87. The van der Waals surface area contributed by atoms with Gasteiger partial charge in [-0.1, -0.05) is 11.8 Å². The first-order valence-corrected chi connectivity index (χ1v) is 9.42. The van der Waals surface area contributed by atoms with Gasteiger partial charge in [-0.25, -0.2) is 4.98 Å². The maximum absolute atomic E-state index is 12.6. The maximum Gasteiger partial charge on any atom is 0.254 e. The zero-order valence-corrected chi connectivity index (χ0v) is 13.9. The molecule has 0 radical (unpaired) electrons. The molecule has 7 nitrogen and oxygen atoms in total. The zero-order valence-electron chi connectivity index (χ0n) is 12.3. The van der Waals surface area contributed by atoms with E-state index < -0.39 is 0 Å². The second-order valence-corrected chi connectivity index (χ2v) is 7.54. The van der Waals surface area contributed by atoms with E-state index in [1.165, 1.54) is 0 Å². The van der Waals surface area contributed by atoms with Crippen molar-refractivity contribution >= 4 is 40.9 Å². The van der Waals surface area contributed by atoms with Gasteiger partial charge in [0.05, 0.1) is 0 Å². The monoisotopic (exact) mass is 348 g/mol. The van der Waals surface area contributed by atoms with Crippen LogP contribution in [0.25, 0.3) is 5.65 Å². The fraction of sp³-hybridized carbons (Fsp3) is 0.357. The number of hydrogen-bond donors (Lipinski definition) is 2. The van der Waals surface area contributed by atoms with Crippen molar-refractivity contribution < 1.29 is 4.79 Å². The van der Waals surface area contributed by atoms with E-state index in [9.17, 15) is 4.79 Å². The molecular formula is C14H16N6OS2. The van der Waals surface area contributed by atoms with Crippen molar-refractivity contribution in [2.45, 2.75) is 5.37 Å². The Morgan fingerprint density at radius 2 is 2.17 bits per heavy atom. The van der Waals surface area contributed by atoms with Crippen LogP contribution in [0.15, 0.2) is 23.7 Å². The second kappa shape index (κ2) is 5.97. The molecule has 1 amide bonds. The molecule has 120 valence electrons. The molecular weight excluding hydrogens is 332 g/mol. The highest BCUT2D eigenvalue weighted by Crippen LogP contribution is 2.29. The predicted molar refractivity (Wildman–Crippen MR) is 93.2 cm³/mol. The molecule has 2 aromatic heterocycles. The molecule has 9 heteroatoms. The average Bonchev–Trinajstić information content (AvgIpc) is 3.24. The lowest BCUT2D eigenvalue weighted by atomic mass is 10.2. The summed E-state index contributed by atoms with van der Waals surface area (Å²) in [6, 6.07) is 3.45. The summed E-state index contributed by atoms with van der Waals surface area (Å²) in [7, 11) is 0. The van der Waals surface area contributed by atoms with Crippen LogP contribution in [0.2, 0.25) is 0 Å². The van der Waals surface area contributed by atoms with Gasteiger partial charge in [0.1, 0.15) is 11.2 Å². The van der Waals surface area contributed by atoms with Crippen molar-refractivity contribution in [3.63, 3.8) is 0 Å². The predicted octanol–water partition coefficient (Wildman–Crippen LogP) is 1.31. The topological polar surface area (TPSA) is 88.5 Å². The van der Waals surface area contributed by atoms with Crippen molar-refractivity contribution in [2.75, 3.05) is 30.3 Å². The molecule has 2 aliphatic heterocycles. The number of rotatable bonds is 2. The third-order valence-electron chi connectivity index (χ3n) is 3.79. The minimum atomic E-state index is -0.00688. The third kappa shape index (κ3) is 2.74. The molecule has 2 aromatic rings. The Kier molecular flexibility index (Phi) is 3.82. The van der Waals surface area contributed by atoms with Crippen molar-refractivity contribution in [3.8, 4) is 0 Å². The molecule has 3 N–H and O–H groups in total. The number of nitrogens with one attached hydrogen (secondary N) is 1. The van der Waals surface area contributed by atoms with Crippen LogP contribution in [0, 0.1) is 0 Å². The first-order chi connectivity index (χ1) is 11.2. The molecule has 0 saturated carbocycles. The summed E-state index contributed by atoms with van der Waals surface area (Å²) < 4.78 is 1.58. The summed E-state index contributed by atoms with van der Waals surface area (Å²) in [4.78, 5) is 19.0. The van der Waals surface area contributed by atoms with Crippen LogP contribution in [0.5, 0.6) is 0 Å². The summed E-state index contributed by atoms with van der Waals surface area (Å²) in [6.07, 6.45) is 1.87. The fourth-order valence-electron chi connectivity index (χ4n) is 2.63. The number of hydrogen-bond acceptors (Lipinski definition) is 7. The van der Waals surface area contributed by atoms with E-state index in [2.05, 4.69) is 15.4 Å². The standard InChI is InChI=1S/C14H16N6OS2/c15-10-7-9(14(21)19-2-5-22-6-3-19)8-11-17-12(18-20(10)11)13-16-1-4-23-13/h1,4,7-8,13,16H,2-3,5-6,15H2. The molecule has 2 aliphatic rings. The molecule has 0 aliphatic carbocycles. The van der Waals surface area contributed by atoms with E-state index in [0.717, 1.165) is 24.6 Å². The summed E-state index contributed by atoms with van der Waals surface area (Å²) >= 11 is 3.48. The van der Waals surface area contributed by atoms with Crippen molar-refractivity contribution in [3.05, 3.63) is 35.1 Å². The fourth-order valence-corrected chi connectivity index (χ4v) is 4.22. The van der Waals surface area contributed by atoms with Crippen LogP contribution in [0.4, 0.5) is 5.82 Å². The van der Waals surface area contributed by atoms with Gasteiger partial charge in [-0.15, -0.1) is 5.10 Å². The van der Waals surface area contributed by atoms with Crippen LogP contribution in [-0.2, 0) is 0 Å². The van der Waals surface area contributed by atoms with Crippen LogP contribution in [0.3, 0.4) is 0 Å². The van der Waals surface area contributed by atoms with Crippen molar-refractivity contribution in [2.24, 2.45) is 0 Å². The first kappa shape index (κ1) is 14.7. The Bertz CT molecular complexity index is 775. The number of nitrogen functional groups attached to an aromatic ring is 1. The second-order valence-electron chi connectivity index (χ2n) is 5.30. The molecule has 4 rings (SSSR count). The van der Waals surface area contributed by atoms with Crippen LogP contribution in [0.1, 0.15) is 21.6 Å². The lowest BCUT2D eigenvalue weighted by Crippen LogP contribution is -2.38. The van der Waals surface area contributed by atoms with Gasteiger partial charge in [-0.2, -0.15) is 16.3 Å². The summed E-state index contributed by atoms with van der Waals surface area (Å²) in [5, 5.41) is 9.56. The molecule has 1 fully saturated rings. The summed E-state index contributed by atoms with van der Waals surface area (Å²) in [5.74, 6) is 3.06. The normalized spacial score (nSPS) is 20.9. The number of anilines is 1. The minimum absolute atomic E-state index is 0.00688. The van der Waals surface area contributed by atoms with Crippen molar-refractivity contribution in [1.82, 2.24) is 24.8 Å². The Morgan fingerprint density at radius 1 is 1.35 bits per heavy atom. The average molecular weight is 348 g/mol. The lowest BCUT2D eigenvalue weighted by Gasteiger charge is -2.26. The van der Waals surface area contributed by atoms with E-state index in [0.29, 0.717) is 22.9 Å². The number of nitrogens with two attached hydrogens (primary N) is 1. The van der Waals surface area contributed by atoms with Gasteiger partial charge in [-0.05, 0) is 17.5 Å². The number of nitrogens with zero attached hydrogens (tertiary/aromatic N) is 4. The molecule has 1 atom stereocenters. The Labute approximate surface area is 141 Å². The van der Waals surface area contributed by atoms with Gasteiger partial charge in [0.2, 0.25) is 0 Å². The summed E-state index contributed by atoms with van der Waals surface area (Å²) in [5.41, 5.74) is 7.26. The van der Waals surface area contributed by atoms with Crippen LogP contribution >= 0.6 is 23.5 Å². The van der Waals surface area contributed by atoms with Gasteiger partial charge in [0.25, 0.3) is 5.91 Å². The van der Waals surface area contributed by atoms with Gasteiger partial charge in [0, 0.05) is 36.4 Å². The minimum Gasteiger partial charge on any atom is -0.384 e. The zero-order chi connectivity index (χ0) is 15.8. The van der Waals surface area contributed by atoms with Crippen LogP contribution in [-0.4, -0.2) is 50.0 Å². The third-order valence-corrected chi connectivity index (χ3v) is 5.65. The highest BCUT2D eigenvalue weighted by Gasteiger charge is 2.22. The quantitative estimate of drug-likeness (QED) is 0.846. The van der Waals surface area contributed by atoms with Gasteiger partial charge in [0.15, 0.2) is 11.5 Å². The number of carbonyl (C=O) groups is 1. The molecule has 1 saturated heterocycles. The molecule has 1 unspecified atom stereocenters. The molecule has 4 heterocycles. The Morgan fingerprint density at radius 3 is 2.91 bits per heavy atom. The first-order valence-electron chi connectivity index (χ1n) is 7.32. The van der Waals surface area contributed by atoms with Gasteiger partial charge < -0.3 is 16.0 Å². The summed E-state index contributed by atoms with van der Waals surface area (Å²) in [6.45, 7) is 1.56.